The van der Waals surface area contributed by atoms with Crippen molar-refractivity contribution in [2.24, 2.45) is 0 Å². The van der Waals surface area contributed by atoms with Crippen LogP contribution in [0.5, 0.6) is 0 Å². The summed E-state index contributed by atoms with van der Waals surface area (Å²) >= 11 is 11.8. The van der Waals surface area contributed by atoms with Crippen molar-refractivity contribution in [2.45, 2.75) is 12.8 Å². The lowest BCUT2D eigenvalue weighted by atomic mass is 10.3. The fourth-order valence-corrected chi connectivity index (χ4v) is 3.62. The van der Waals surface area contributed by atoms with Gasteiger partial charge in [0.2, 0.25) is 15.9 Å². The molecule has 5 nitrogen and oxygen atoms in total. The van der Waals surface area contributed by atoms with Crippen LogP contribution in [0.2, 0.25) is 10.0 Å². The van der Waals surface area contributed by atoms with Gasteiger partial charge >= 0.3 is 0 Å². The summed E-state index contributed by atoms with van der Waals surface area (Å²) in [5.41, 5.74) is 0.294. The number of halogens is 2. The fraction of sp³-hybridized carbons (Fsp3) is 0.462. The standard InChI is InChI=1S/C13H16Cl2N2O3S/c1-21(19,20)17(9-13(18)16-4-2-3-5-16)12-7-10(14)6-11(15)8-12/h6-8H,2-5,9H2,1H3. The Kier molecular flexibility index (Phi) is 5.01. The molecule has 0 spiro atoms. The number of carbonyl (C=O) groups excluding carboxylic acids is 1. The number of amides is 1. The molecule has 1 amide bonds. The van der Waals surface area contributed by atoms with E-state index < -0.39 is 10.0 Å². The predicted octanol–water partition coefficient (Wildman–Crippen LogP) is 2.38. The number of anilines is 1. The predicted molar refractivity (Wildman–Crippen MR) is 84.5 cm³/mol. The first-order chi connectivity index (χ1) is 9.77. The van der Waals surface area contributed by atoms with Gasteiger partial charge < -0.3 is 4.90 Å². The normalized spacial score (nSPS) is 15.3. The van der Waals surface area contributed by atoms with Crippen molar-refractivity contribution < 1.29 is 13.2 Å². The van der Waals surface area contributed by atoms with Crippen LogP contribution in [0.4, 0.5) is 5.69 Å². The summed E-state index contributed by atoms with van der Waals surface area (Å²) < 4.78 is 25.0. The molecule has 1 aromatic carbocycles. The number of rotatable bonds is 4. The van der Waals surface area contributed by atoms with Crippen molar-refractivity contribution >= 4 is 44.8 Å². The van der Waals surface area contributed by atoms with Gasteiger partial charge in [-0.2, -0.15) is 0 Å². The largest absolute Gasteiger partial charge is 0.341 e. The van der Waals surface area contributed by atoms with E-state index in [0.29, 0.717) is 28.8 Å². The van der Waals surface area contributed by atoms with Crippen LogP contribution in [-0.4, -0.2) is 45.1 Å². The van der Waals surface area contributed by atoms with Crippen LogP contribution in [0.25, 0.3) is 0 Å². The lowest BCUT2D eigenvalue weighted by Crippen LogP contribution is -2.41. The first kappa shape index (κ1) is 16.4. The zero-order valence-corrected chi connectivity index (χ0v) is 13.9. The number of benzene rings is 1. The summed E-state index contributed by atoms with van der Waals surface area (Å²) in [5.74, 6) is -0.214. The Balaban J connectivity index is 2.28. The monoisotopic (exact) mass is 350 g/mol. The molecule has 0 atom stereocenters. The average Bonchev–Trinajstić information content (AvgIpc) is 2.86. The lowest BCUT2D eigenvalue weighted by molar-refractivity contribution is -0.128. The molecule has 1 saturated heterocycles. The first-order valence-electron chi connectivity index (χ1n) is 6.49. The van der Waals surface area contributed by atoms with E-state index in [1.54, 1.807) is 4.90 Å². The molecule has 21 heavy (non-hydrogen) atoms. The summed E-state index contributed by atoms with van der Waals surface area (Å²) in [4.78, 5) is 13.9. The van der Waals surface area contributed by atoms with Gasteiger partial charge in [0.15, 0.2) is 0 Å². The highest BCUT2D eigenvalue weighted by molar-refractivity contribution is 7.92. The maximum Gasteiger partial charge on any atom is 0.243 e. The van der Waals surface area contributed by atoms with Gasteiger partial charge in [-0.25, -0.2) is 8.42 Å². The number of nitrogens with zero attached hydrogens (tertiary/aromatic N) is 2. The van der Waals surface area contributed by atoms with Crippen LogP contribution in [0.3, 0.4) is 0 Å². The van der Waals surface area contributed by atoms with Crippen molar-refractivity contribution in [1.82, 2.24) is 4.90 Å². The second kappa shape index (κ2) is 6.42. The Morgan fingerprint density at radius 1 is 1.19 bits per heavy atom. The molecule has 0 aliphatic carbocycles. The number of sulfonamides is 1. The maximum absolute atomic E-state index is 12.2. The summed E-state index contributed by atoms with van der Waals surface area (Å²) in [7, 11) is -3.61. The molecule has 116 valence electrons. The SMILES string of the molecule is CS(=O)(=O)N(CC(=O)N1CCCC1)c1cc(Cl)cc(Cl)c1. The molecule has 8 heteroatoms. The number of carbonyl (C=O) groups is 1. The van der Waals surface area contributed by atoms with Gasteiger partial charge in [-0.1, -0.05) is 23.2 Å². The molecular weight excluding hydrogens is 335 g/mol. The van der Waals surface area contributed by atoms with Crippen molar-refractivity contribution in [2.75, 3.05) is 30.2 Å². The molecule has 0 aromatic heterocycles. The minimum Gasteiger partial charge on any atom is -0.341 e. The van der Waals surface area contributed by atoms with Gasteiger partial charge in [-0.15, -0.1) is 0 Å². The van der Waals surface area contributed by atoms with Crippen molar-refractivity contribution in [3.8, 4) is 0 Å². The molecule has 1 fully saturated rings. The van der Waals surface area contributed by atoms with Crippen molar-refractivity contribution in [3.63, 3.8) is 0 Å². The quantitative estimate of drug-likeness (QED) is 0.837. The Morgan fingerprint density at radius 2 is 1.71 bits per heavy atom. The van der Waals surface area contributed by atoms with E-state index >= 15 is 0 Å². The van der Waals surface area contributed by atoms with E-state index in [9.17, 15) is 13.2 Å². The van der Waals surface area contributed by atoms with E-state index in [1.165, 1.54) is 18.2 Å². The maximum atomic E-state index is 12.2. The van der Waals surface area contributed by atoms with Crippen LogP contribution in [-0.2, 0) is 14.8 Å². The Hall–Kier alpha value is -0.980. The van der Waals surface area contributed by atoms with E-state index in [1.807, 2.05) is 0 Å². The fourth-order valence-electron chi connectivity index (χ4n) is 2.27. The minimum absolute atomic E-state index is 0.214. The van der Waals surface area contributed by atoms with Crippen molar-refractivity contribution in [1.29, 1.82) is 0 Å². The Labute approximate surface area is 134 Å². The smallest absolute Gasteiger partial charge is 0.243 e. The molecule has 1 aliphatic heterocycles. The number of hydrogen-bond acceptors (Lipinski definition) is 3. The highest BCUT2D eigenvalue weighted by atomic mass is 35.5. The summed E-state index contributed by atoms with van der Waals surface area (Å²) in [6, 6.07) is 4.47. The summed E-state index contributed by atoms with van der Waals surface area (Å²) in [6.07, 6.45) is 2.96. The molecule has 0 saturated carbocycles. The Bertz CT molecular complexity index is 623. The molecule has 1 heterocycles. The first-order valence-corrected chi connectivity index (χ1v) is 9.09. The van der Waals surface area contributed by atoms with Crippen LogP contribution in [0, 0.1) is 0 Å². The minimum atomic E-state index is -3.61. The van der Waals surface area contributed by atoms with Gasteiger partial charge in [0.25, 0.3) is 0 Å². The van der Waals surface area contributed by atoms with E-state index in [4.69, 9.17) is 23.2 Å². The number of hydrogen-bond donors (Lipinski definition) is 0. The molecular formula is C13H16Cl2N2O3S. The molecule has 0 N–H and O–H groups in total. The molecule has 0 bridgehead atoms. The Morgan fingerprint density at radius 3 is 2.19 bits per heavy atom. The van der Waals surface area contributed by atoms with Crippen LogP contribution in [0.1, 0.15) is 12.8 Å². The zero-order valence-electron chi connectivity index (χ0n) is 11.6. The molecule has 1 aliphatic rings. The third-order valence-corrected chi connectivity index (χ3v) is 4.85. The molecule has 1 aromatic rings. The van der Waals surface area contributed by atoms with Crippen molar-refractivity contribution in [3.05, 3.63) is 28.2 Å². The van der Waals surface area contributed by atoms with Crippen LogP contribution < -0.4 is 4.31 Å². The molecule has 0 unspecified atom stereocenters. The van der Waals surface area contributed by atoms with Gasteiger partial charge in [0.05, 0.1) is 11.9 Å². The van der Waals surface area contributed by atoms with E-state index in [0.717, 1.165) is 23.4 Å². The van der Waals surface area contributed by atoms with Gasteiger partial charge in [0.1, 0.15) is 6.54 Å². The van der Waals surface area contributed by atoms with Crippen LogP contribution >= 0.6 is 23.2 Å². The van der Waals surface area contributed by atoms with Gasteiger partial charge in [-0.05, 0) is 31.0 Å². The summed E-state index contributed by atoms with van der Waals surface area (Å²) in [6.45, 7) is 1.11. The van der Waals surface area contributed by atoms with Gasteiger partial charge in [0, 0.05) is 23.1 Å². The highest BCUT2D eigenvalue weighted by Crippen LogP contribution is 2.27. The average molecular weight is 351 g/mol. The molecule has 0 radical (unpaired) electrons. The third-order valence-electron chi connectivity index (χ3n) is 3.27. The van der Waals surface area contributed by atoms with Crippen LogP contribution in [0.15, 0.2) is 18.2 Å². The third kappa shape index (κ3) is 4.25. The second-order valence-electron chi connectivity index (χ2n) is 4.99. The van der Waals surface area contributed by atoms with Gasteiger partial charge in [-0.3, -0.25) is 9.10 Å². The number of likely N-dealkylation sites (tertiary alicyclic amines) is 1. The van der Waals surface area contributed by atoms with E-state index in [2.05, 4.69) is 0 Å². The van der Waals surface area contributed by atoms with E-state index in [-0.39, 0.29) is 12.5 Å². The summed E-state index contributed by atoms with van der Waals surface area (Å²) in [5, 5.41) is 0.638. The molecule has 2 rings (SSSR count). The lowest BCUT2D eigenvalue weighted by Gasteiger charge is -2.25. The second-order valence-corrected chi connectivity index (χ2v) is 7.76. The zero-order chi connectivity index (χ0) is 15.6. The topological polar surface area (TPSA) is 57.7 Å². The highest BCUT2D eigenvalue weighted by Gasteiger charge is 2.25.